The lowest BCUT2D eigenvalue weighted by Crippen LogP contribution is -2.50. The number of amides is 3. The van der Waals surface area contributed by atoms with Crippen LogP contribution in [0.25, 0.3) is 0 Å². The molecule has 0 aromatic heterocycles. The SMILES string of the molecule is CCC(C(=O)O)N(C)C(=O)N1CCCNC(=O)C1. The molecule has 0 aromatic rings. The van der Waals surface area contributed by atoms with Crippen LogP contribution in [0, 0.1) is 0 Å². The Bertz CT molecular complexity index is 339. The molecule has 7 heteroatoms. The van der Waals surface area contributed by atoms with Gasteiger partial charge in [-0.25, -0.2) is 9.59 Å². The van der Waals surface area contributed by atoms with E-state index in [-0.39, 0.29) is 12.5 Å². The first-order valence-electron chi connectivity index (χ1n) is 5.98. The van der Waals surface area contributed by atoms with Gasteiger partial charge in [0.15, 0.2) is 0 Å². The molecule has 1 atom stereocenters. The highest BCUT2D eigenvalue weighted by Crippen LogP contribution is 2.08. The van der Waals surface area contributed by atoms with E-state index in [0.29, 0.717) is 25.9 Å². The number of hydrogen-bond acceptors (Lipinski definition) is 3. The first-order valence-corrected chi connectivity index (χ1v) is 5.98. The molecule has 1 fully saturated rings. The largest absolute Gasteiger partial charge is 0.480 e. The van der Waals surface area contributed by atoms with E-state index in [9.17, 15) is 14.4 Å². The fraction of sp³-hybridized carbons (Fsp3) is 0.727. The molecule has 1 heterocycles. The van der Waals surface area contributed by atoms with Crippen LogP contribution in [-0.4, -0.2) is 65.5 Å². The zero-order chi connectivity index (χ0) is 13.7. The van der Waals surface area contributed by atoms with Crippen LogP contribution in [0.4, 0.5) is 4.79 Å². The molecule has 1 saturated heterocycles. The van der Waals surface area contributed by atoms with Crippen LogP contribution in [-0.2, 0) is 9.59 Å². The van der Waals surface area contributed by atoms with Gasteiger partial charge in [0, 0.05) is 20.1 Å². The van der Waals surface area contributed by atoms with Crippen molar-refractivity contribution in [2.75, 3.05) is 26.7 Å². The summed E-state index contributed by atoms with van der Waals surface area (Å²) in [5.41, 5.74) is 0. The number of nitrogens with zero attached hydrogens (tertiary/aromatic N) is 2. The van der Waals surface area contributed by atoms with Crippen molar-refractivity contribution in [1.29, 1.82) is 0 Å². The molecule has 1 unspecified atom stereocenters. The highest BCUT2D eigenvalue weighted by atomic mass is 16.4. The number of carbonyl (C=O) groups excluding carboxylic acids is 2. The van der Waals surface area contributed by atoms with Gasteiger partial charge in [0.25, 0.3) is 0 Å². The van der Waals surface area contributed by atoms with E-state index in [2.05, 4.69) is 5.32 Å². The summed E-state index contributed by atoms with van der Waals surface area (Å²) >= 11 is 0. The van der Waals surface area contributed by atoms with E-state index >= 15 is 0 Å². The number of aliphatic carboxylic acids is 1. The van der Waals surface area contributed by atoms with Crippen molar-refractivity contribution in [3.63, 3.8) is 0 Å². The molecule has 2 N–H and O–H groups in total. The maximum absolute atomic E-state index is 12.1. The van der Waals surface area contributed by atoms with Gasteiger partial charge < -0.3 is 20.2 Å². The van der Waals surface area contributed by atoms with Crippen molar-refractivity contribution >= 4 is 17.9 Å². The molecule has 0 radical (unpaired) electrons. The van der Waals surface area contributed by atoms with Crippen LogP contribution < -0.4 is 5.32 Å². The molecule has 0 saturated carbocycles. The van der Waals surface area contributed by atoms with Gasteiger partial charge >= 0.3 is 12.0 Å². The third kappa shape index (κ3) is 3.35. The smallest absolute Gasteiger partial charge is 0.326 e. The third-order valence-electron chi connectivity index (χ3n) is 2.97. The number of carboxylic acid groups (broad SMARTS) is 1. The van der Waals surface area contributed by atoms with E-state index in [4.69, 9.17) is 5.11 Å². The predicted molar refractivity (Wildman–Crippen MR) is 64.1 cm³/mol. The second-order valence-electron chi connectivity index (χ2n) is 4.28. The van der Waals surface area contributed by atoms with Gasteiger partial charge in [0.1, 0.15) is 12.6 Å². The van der Waals surface area contributed by atoms with Crippen LogP contribution in [0.2, 0.25) is 0 Å². The number of carboxylic acids is 1. The molecule has 1 aliphatic heterocycles. The van der Waals surface area contributed by atoms with E-state index < -0.39 is 18.0 Å². The highest BCUT2D eigenvalue weighted by Gasteiger charge is 2.29. The fourth-order valence-corrected chi connectivity index (χ4v) is 1.94. The standard InChI is InChI=1S/C11H19N3O4/c1-3-8(10(16)17)13(2)11(18)14-6-4-5-12-9(15)7-14/h8H,3-7H2,1-2H3,(H,12,15)(H,16,17). The van der Waals surface area contributed by atoms with Gasteiger partial charge in [-0.2, -0.15) is 0 Å². The second kappa shape index (κ2) is 6.23. The van der Waals surface area contributed by atoms with Crippen molar-refractivity contribution in [2.45, 2.75) is 25.8 Å². The second-order valence-corrected chi connectivity index (χ2v) is 4.28. The van der Waals surface area contributed by atoms with Crippen LogP contribution in [0.5, 0.6) is 0 Å². The van der Waals surface area contributed by atoms with Gasteiger partial charge in [0.2, 0.25) is 5.91 Å². The van der Waals surface area contributed by atoms with Crippen molar-refractivity contribution in [3.05, 3.63) is 0 Å². The molecule has 0 bridgehead atoms. The molecule has 3 amide bonds. The lowest BCUT2D eigenvalue weighted by atomic mass is 10.2. The summed E-state index contributed by atoms with van der Waals surface area (Å²) in [4.78, 5) is 37.0. The molecule has 7 nitrogen and oxygen atoms in total. The molecule has 1 rings (SSSR count). The highest BCUT2D eigenvalue weighted by molar-refractivity contribution is 5.86. The van der Waals surface area contributed by atoms with Crippen LogP contribution in [0.15, 0.2) is 0 Å². The zero-order valence-electron chi connectivity index (χ0n) is 10.7. The molecule has 102 valence electrons. The summed E-state index contributed by atoms with van der Waals surface area (Å²) in [6, 6.07) is -1.27. The minimum atomic E-state index is -1.03. The molecule has 1 aliphatic rings. The maximum atomic E-state index is 12.1. The van der Waals surface area contributed by atoms with Gasteiger partial charge in [-0.05, 0) is 12.8 Å². The quantitative estimate of drug-likeness (QED) is 0.728. The van der Waals surface area contributed by atoms with Crippen molar-refractivity contribution in [3.8, 4) is 0 Å². The lowest BCUT2D eigenvalue weighted by molar-refractivity contribution is -0.142. The molecular formula is C11H19N3O4. The van der Waals surface area contributed by atoms with Gasteiger partial charge in [-0.3, -0.25) is 4.79 Å². The lowest BCUT2D eigenvalue weighted by Gasteiger charge is -2.29. The maximum Gasteiger partial charge on any atom is 0.326 e. The summed E-state index contributed by atoms with van der Waals surface area (Å²) in [5.74, 6) is -1.25. The van der Waals surface area contributed by atoms with Crippen LogP contribution in [0.1, 0.15) is 19.8 Å². The number of likely N-dealkylation sites (N-methyl/N-ethyl adjacent to an activating group) is 1. The summed E-state index contributed by atoms with van der Waals surface area (Å²) in [5, 5.41) is 11.7. The summed E-state index contributed by atoms with van der Waals surface area (Å²) in [7, 11) is 1.45. The average molecular weight is 257 g/mol. The predicted octanol–water partition coefficient (Wildman–Crippen LogP) is -0.277. The number of carbonyl (C=O) groups is 3. The topological polar surface area (TPSA) is 89.9 Å². The first-order chi connectivity index (χ1) is 8.47. The summed E-state index contributed by atoms with van der Waals surface area (Å²) < 4.78 is 0. The number of hydrogen-bond donors (Lipinski definition) is 2. The normalized spacial score (nSPS) is 17.7. The molecule has 0 aliphatic carbocycles. The van der Waals surface area contributed by atoms with Gasteiger partial charge in [-0.1, -0.05) is 6.92 Å². The number of rotatable bonds is 3. The van der Waals surface area contributed by atoms with Crippen molar-refractivity contribution < 1.29 is 19.5 Å². The Hall–Kier alpha value is -1.79. The van der Waals surface area contributed by atoms with Crippen LogP contribution >= 0.6 is 0 Å². The number of nitrogens with one attached hydrogen (secondary N) is 1. The molecule has 0 spiro atoms. The Morgan fingerprint density at radius 2 is 2.22 bits per heavy atom. The summed E-state index contributed by atoms with van der Waals surface area (Å²) in [6.07, 6.45) is 1.01. The molecular weight excluding hydrogens is 238 g/mol. The Morgan fingerprint density at radius 3 is 2.78 bits per heavy atom. The minimum absolute atomic E-state index is 0.0147. The molecule has 0 aromatic carbocycles. The van der Waals surface area contributed by atoms with E-state index in [0.717, 1.165) is 0 Å². The third-order valence-corrected chi connectivity index (χ3v) is 2.97. The van der Waals surface area contributed by atoms with Crippen molar-refractivity contribution in [1.82, 2.24) is 15.1 Å². The fourth-order valence-electron chi connectivity index (χ4n) is 1.94. The summed E-state index contributed by atoms with van der Waals surface area (Å²) in [6.45, 7) is 2.69. The Morgan fingerprint density at radius 1 is 1.56 bits per heavy atom. The van der Waals surface area contributed by atoms with E-state index in [1.54, 1.807) is 6.92 Å². The minimum Gasteiger partial charge on any atom is -0.480 e. The zero-order valence-corrected chi connectivity index (χ0v) is 10.7. The van der Waals surface area contributed by atoms with Crippen LogP contribution in [0.3, 0.4) is 0 Å². The average Bonchev–Trinajstić information content (AvgIpc) is 2.53. The van der Waals surface area contributed by atoms with E-state index in [1.165, 1.54) is 16.8 Å². The Labute approximate surface area is 106 Å². The first kappa shape index (κ1) is 14.3. The molecule has 18 heavy (non-hydrogen) atoms. The van der Waals surface area contributed by atoms with E-state index in [1.807, 2.05) is 0 Å². The van der Waals surface area contributed by atoms with Gasteiger partial charge in [-0.15, -0.1) is 0 Å². The van der Waals surface area contributed by atoms with Gasteiger partial charge in [0.05, 0.1) is 0 Å². The number of urea groups is 1. The monoisotopic (exact) mass is 257 g/mol. The Kier molecular flexibility index (Phi) is 4.94. The van der Waals surface area contributed by atoms with Crippen molar-refractivity contribution in [2.24, 2.45) is 0 Å². The Balaban J connectivity index is 2.72.